The minimum atomic E-state index is -0.805. The zero-order valence-electron chi connectivity index (χ0n) is 60.5. The highest BCUT2D eigenvalue weighted by Crippen LogP contribution is 2.29. The smallest absolute Gasteiger partial charge is 0.300 e. The quantitative estimate of drug-likeness (QED) is 0.0206. The maximum Gasteiger partial charge on any atom is 0.300 e. The second-order valence-electron chi connectivity index (χ2n) is 25.6. The molecular weight excluding hydrogens is 1190 g/mol. The van der Waals surface area contributed by atoms with Crippen LogP contribution in [0.3, 0.4) is 0 Å². The molecule has 0 bridgehead atoms. The molecule has 4 rings (SSSR count). The number of aromatic hydroxyl groups is 2. The van der Waals surface area contributed by atoms with E-state index in [1.165, 1.54) is 51.5 Å². The van der Waals surface area contributed by atoms with Gasteiger partial charge in [-0.3, -0.25) is 39.6 Å². The van der Waals surface area contributed by atoms with Gasteiger partial charge in [-0.05, 0) is 131 Å². The lowest BCUT2D eigenvalue weighted by atomic mass is 9.95. The molecule has 2 aromatic carbocycles. The van der Waals surface area contributed by atoms with Gasteiger partial charge in [0.05, 0.1) is 5.69 Å². The van der Waals surface area contributed by atoms with Gasteiger partial charge in [-0.1, -0.05) is 198 Å². The minimum Gasteiger partial charge on any atom is -0.492 e. The van der Waals surface area contributed by atoms with Crippen LogP contribution in [-0.2, 0) is 9.59 Å². The normalized spacial score (nSPS) is 12.9. The number of nitriles is 2. The largest absolute Gasteiger partial charge is 0.492 e. The Balaban J connectivity index is 0.000000545. The summed E-state index contributed by atoms with van der Waals surface area (Å²) in [5, 5.41) is 48.0. The van der Waals surface area contributed by atoms with Crippen molar-refractivity contribution in [2.75, 3.05) is 42.8 Å². The van der Waals surface area contributed by atoms with Crippen molar-refractivity contribution in [1.82, 2.24) is 19.2 Å². The maximum absolute atomic E-state index is 14.0. The average Bonchev–Trinajstić information content (AvgIpc) is 0.795. The second kappa shape index (κ2) is 46.3. The number of aryl methyl sites for hydroxylation is 1. The van der Waals surface area contributed by atoms with Crippen molar-refractivity contribution in [3.8, 4) is 23.9 Å². The Kier molecular flexibility index (Phi) is 40.6. The first kappa shape index (κ1) is 83.3. The summed E-state index contributed by atoms with van der Waals surface area (Å²) in [6.45, 7) is 31.8. The fraction of sp³-hybridized carbons (Fsp3) is 0.632. The first-order valence-corrected chi connectivity index (χ1v) is 35.9. The molecule has 2 heterocycles. The number of pyridine rings is 2. The second-order valence-corrected chi connectivity index (χ2v) is 25.6. The molecule has 95 heavy (non-hydrogen) atoms. The van der Waals surface area contributed by atoms with Crippen LogP contribution in [0.1, 0.15) is 280 Å². The monoisotopic (exact) mass is 1310 g/mol. The molecule has 526 valence electrons. The van der Waals surface area contributed by atoms with E-state index in [4.69, 9.17) is 11.0 Å². The fourth-order valence-corrected chi connectivity index (χ4v) is 11.7. The third kappa shape index (κ3) is 27.5. The predicted molar refractivity (Wildman–Crippen MR) is 385 cm³/mol. The minimum absolute atomic E-state index is 0.0171. The lowest BCUT2D eigenvalue weighted by molar-refractivity contribution is -0.122. The summed E-state index contributed by atoms with van der Waals surface area (Å²) >= 11 is 0. The van der Waals surface area contributed by atoms with Crippen LogP contribution in [0.5, 0.6) is 11.8 Å². The molecule has 0 aliphatic carbocycles. The van der Waals surface area contributed by atoms with Crippen LogP contribution in [0, 0.1) is 72.0 Å². The molecule has 19 heteroatoms. The summed E-state index contributed by atoms with van der Waals surface area (Å²) in [5.41, 5.74) is 11.8. The molecule has 2 aromatic heterocycles. The number of carbonyl (C=O) groups excluding carboxylic acids is 4. The van der Waals surface area contributed by atoms with Gasteiger partial charge in [-0.2, -0.15) is 25.0 Å². The van der Waals surface area contributed by atoms with Gasteiger partial charge >= 0.3 is 0 Å². The number of hydrogen-bond acceptors (Lipinski definition) is 13. The van der Waals surface area contributed by atoms with E-state index in [9.17, 15) is 44.2 Å². The number of anilines is 1. The molecule has 6 atom stereocenters. The van der Waals surface area contributed by atoms with Crippen molar-refractivity contribution in [1.29, 1.82) is 10.5 Å². The molecule has 0 fully saturated rings. The summed E-state index contributed by atoms with van der Waals surface area (Å²) in [6, 6.07) is 19.3. The highest BCUT2D eigenvalue weighted by atomic mass is 16.3. The standard InChI is InChI=1S/C38H58N6O4.C23H40N2O.C15H21N3O3/c1-8-14-18-28(11-4)25-43(26-29(12-5)19-15-9-2)36(46)31-21-17-22-32(23-31)40-41-34-27(7)33(24-39)37(47)44(38(34)48)42-35(45)30(13-6)20-16-10-3;1-5-9-12-19(7-3)17-25(18-20(8-4)13-10-6-2)23(26)21-14-11-15-22(24)16-21;1-4-6-7-11(5-2)14(20)17-18-13(19)8-10(3)12(9-16)15(18)21/h17,21-23,28-30,47H,8-16,18-20,25-26H2,1-7H3,(H,42,45);11,14-16,19-20H,5-10,12-13,17-18,24H2,1-4H3;8,11,21H,4-7H2,1-3H3,(H,17,20). The number of nitrogens with two attached hydrogens (primary N) is 1. The number of aromatic nitrogens is 2. The van der Waals surface area contributed by atoms with Crippen LogP contribution < -0.4 is 27.7 Å². The number of rotatable bonds is 40. The number of nitrogen functional groups attached to an aromatic ring is 1. The molecule has 0 aliphatic heterocycles. The topological polar surface area (TPSA) is 282 Å². The van der Waals surface area contributed by atoms with E-state index < -0.39 is 28.8 Å². The van der Waals surface area contributed by atoms with Crippen LogP contribution >= 0.6 is 0 Å². The zero-order chi connectivity index (χ0) is 71.0. The Bertz CT molecular complexity index is 3180. The number of benzene rings is 2. The van der Waals surface area contributed by atoms with Gasteiger partial charge in [-0.25, -0.2) is 0 Å². The predicted octanol–water partition coefficient (Wildman–Crippen LogP) is 17.5. The molecular formula is C76H119N11O8. The van der Waals surface area contributed by atoms with Gasteiger partial charge < -0.3 is 25.7 Å². The maximum atomic E-state index is 14.0. The lowest BCUT2D eigenvalue weighted by Gasteiger charge is -2.31. The summed E-state index contributed by atoms with van der Waals surface area (Å²) in [4.78, 5) is 81.9. The summed E-state index contributed by atoms with van der Waals surface area (Å²) in [5.74, 6) is -0.387. The zero-order valence-corrected chi connectivity index (χ0v) is 60.5. The number of carbonyl (C=O) groups is 4. The molecule has 0 spiro atoms. The Morgan fingerprint density at radius 1 is 0.516 bits per heavy atom. The summed E-state index contributed by atoms with van der Waals surface area (Å²) in [6.07, 6.45) is 24.6. The first-order chi connectivity index (χ1) is 45.6. The van der Waals surface area contributed by atoms with Crippen LogP contribution in [0.4, 0.5) is 17.1 Å². The molecule has 6 N–H and O–H groups in total. The molecule has 6 unspecified atom stereocenters. The van der Waals surface area contributed by atoms with Crippen molar-refractivity contribution >= 4 is 40.7 Å². The van der Waals surface area contributed by atoms with E-state index in [1.54, 1.807) is 31.2 Å². The van der Waals surface area contributed by atoms with Crippen LogP contribution in [0.2, 0.25) is 0 Å². The number of unbranched alkanes of at least 4 members (excludes halogenated alkanes) is 6. The first-order valence-electron chi connectivity index (χ1n) is 35.9. The molecule has 4 amide bonds. The van der Waals surface area contributed by atoms with E-state index >= 15 is 0 Å². The molecule has 19 nitrogen and oxygen atoms in total. The number of nitrogens with one attached hydrogen (secondary N) is 2. The van der Waals surface area contributed by atoms with Gasteiger partial charge in [-0.15, -0.1) is 5.11 Å². The number of amides is 4. The number of azo groups is 1. The fourth-order valence-electron chi connectivity index (χ4n) is 11.7. The van der Waals surface area contributed by atoms with Crippen molar-refractivity contribution in [3.05, 3.63) is 109 Å². The Morgan fingerprint density at radius 3 is 1.27 bits per heavy atom. The molecule has 0 saturated carbocycles. The van der Waals surface area contributed by atoms with Gasteiger partial charge in [0, 0.05) is 66.5 Å². The van der Waals surface area contributed by atoms with Gasteiger partial charge in [0.15, 0.2) is 5.69 Å². The van der Waals surface area contributed by atoms with E-state index in [0.717, 1.165) is 120 Å². The molecule has 0 radical (unpaired) electrons. The van der Waals surface area contributed by atoms with Crippen LogP contribution in [-0.4, -0.2) is 79.2 Å². The molecule has 0 saturated heterocycles. The van der Waals surface area contributed by atoms with Gasteiger partial charge in [0.2, 0.25) is 23.6 Å². The molecule has 4 aromatic rings. The molecule has 0 aliphatic rings. The number of hydrogen-bond donors (Lipinski definition) is 5. The van der Waals surface area contributed by atoms with Crippen molar-refractivity contribution < 1.29 is 29.4 Å². The van der Waals surface area contributed by atoms with E-state index in [0.29, 0.717) is 83.2 Å². The number of nitrogens with zero attached hydrogens (tertiary/aromatic N) is 8. The Hall–Kier alpha value is -7.80. The van der Waals surface area contributed by atoms with Crippen molar-refractivity contribution in [3.63, 3.8) is 0 Å². The Morgan fingerprint density at radius 2 is 0.895 bits per heavy atom. The van der Waals surface area contributed by atoms with Crippen LogP contribution in [0.25, 0.3) is 0 Å². The summed E-state index contributed by atoms with van der Waals surface area (Å²) in [7, 11) is 0. The van der Waals surface area contributed by atoms with E-state index in [2.05, 4.69) is 81.4 Å². The van der Waals surface area contributed by atoms with Gasteiger partial charge in [0.25, 0.3) is 22.9 Å². The average molecular weight is 1310 g/mol. The van der Waals surface area contributed by atoms with E-state index in [-0.39, 0.29) is 51.9 Å². The van der Waals surface area contributed by atoms with Crippen LogP contribution in [0.15, 0.2) is 74.4 Å². The Labute approximate surface area is 569 Å². The van der Waals surface area contributed by atoms with Crippen molar-refractivity contribution in [2.45, 2.75) is 251 Å². The van der Waals surface area contributed by atoms with E-state index in [1.807, 2.05) is 69.0 Å². The third-order valence-electron chi connectivity index (χ3n) is 18.3. The highest BCUT2D eigenvalue weighted by Gasteiger charge is 2.27. The lowest BCUT2D eigenvalue weighted by Crippen LogP contribution is -2.39. The SMILES string of the molecule is CCCCC(CC)C(=O)Nn1c(O)c(C#N)c(C)cc1=O.CCCCC(CC)CN(CC(CC)CCCC)C(=O)c1cccc(N)c1.CCCCC(CC)CN(CC(CC)CCCC)C(=O)c1cccc(N=Nc2c(C)c(C#N)c(O)n(NC(=O)C(CC)CCCC)c2=O)c1. The highest BCUT2D eigenvalue weighted by molar-refractivity contribution is 5.95. The van der Waals surface area contributed by atoms with Crippen molar-refractivity contribution in [2.24, 2.45) is 45.7 Å². The summed E-state index contributed by atoms with van der Waals surface area (Å²) < 4.78 is 1.42. The van der Waals surface area contributed by atoms with Gasteiger partial charge in [0.1, 0.15) is 23.3 Å². The third-order valence-corrected chi connectivity index (χ3v) is 18.3.